The van der Waals surface area contributed by atoms with E-state index in [9.17, 15) is 5.26 Å². The van der Waals surface area contributed by atoms with Crippen LogP contribution < -0.4 is 0 Å². The van der Waals surface area contributed by atoms with Gasteiger partial charge < -0.3 is 4.43 Å². The third-order valence-corrected chi connectivity index (χ3v) is 11.6. The molecule has 0 N–H and O–H groups in total. The summed E-state index contributed by atoms with van der Waals surface area (Å²) in [7, 11) is -1.91. The Bertz CT molecular complexity index is 565. The first-order chi connectivity index (χ1) is 10.8. The number of rotatable bonds is 5. The minimum Gasteiger partial charge on any atom is -0.545 e. The van der Waals surface area contributed by atoms with Crippen molar-refractivity contribution in [2.75, 3.05) is 0 Å². The maximum absolute atomic E-state index is 9.45. The van der Waals surface area contributed by atoms with Crippen molar-refractivity contribution in [1.29, 1.82) is 5.26 Å². The van der Waals surface area contributed by atoms with Gasteiger partial charge in [0.1, 0.15) is 0 Å². The Balaban J connectivity index is 2.47. The number of fused-ring (bicyclic) bond motifs is 1. The highest BCUT2D eigenvalue weighted by Gasteiger charge is 2.48. The number of hydrogen-bond acceptors (Lipinski definition) is 2. The zero-order chi connectivity index (χ0) is 17.2. The SMILES string of the molecule is CC(C)[Si](OC1=C2CC=CCC(C#N)=C2CC1)(C(C)C)C(C)C. The molecule has 0 amide bonds. The van der Waals surface area contributed by atoms with Gasteiger partial charge in [-0.25, -0.2) is 0 Å². The third kappa shape index (κ3) is 3.19. The molecular weight excluding hydrogens is 298 g/mol. The summed E-state index contributed by atoms with van der Waals surface area (Å²) in [6, 6.07) is 2.42. The standard InChI is InChI=1S/C20H31NOSi/c1-14(2)23(15(3)4,16(5)6)22-20-12-11-18-17(13-21)9-7-8-10-19(18)20/h7-8,14-16H,9-12H2,1-6H3. The molecule has 23 heavy (non-hydrogen) atoms. The zero-order valence-corrected chi connectivity index (χ0v) is 16.6. The van der Waals surface area contributed by atoms with Gasteiger partial charge in [-0.15, -0.1) is 0 Å². The van der Waals surface area contributed by atoms with E-state index in [1.54, 1.807) is 0 Å². The second-order valence-electron chi connectivity index (χ2n) is 7.77. The average Bonchev–Trinajstić information content (AvgIpc) is 2.74. The van der Waals surface area contributed by atoms with Crippen LogP contribution in [0.4, 0.5) is 0 Å². The smallest absolute Gasteiger partial charge is 0.258 e. The van der Waals surface area contributed by atoms with Gasteiger partial charge in [0, 0.05) is 18.4 Å². The van der Waals surface area contributed by atoms with Gasteiger partial charge in [-0.05, 0) is 40.6 Å². The summed E-state index contributed by atoms with van der Waals surface area (Å²) in [6.45, 7) is 14.0. The Morgan fingerprint density at radius 3 is 2.00 bits per heavy atom. The van der Waals surface area contributed by atoms with Crippen molar-refractivity contribution in [3.05, 3.63) is 34.6 Å². The summed E-state index contributed by atoms with van der Waals surface area (Å²) in [5, 5.41) is 9.45. The van der Waals surface area contributed by atoms with Crippen molar-refractivity contribution < 1.29 is 4.43 Å². The van der Waals surface area contributed by atoms with Crippen molar-refractivity contribution in [3.63, 3.8) is 0 Å². The van der Waals surface area contributed by atoms with E-state index in [1.807, 2.05) is 0 Å². The topological polar surface area (TPSA) is 33.0 Å². The Kier molecular flexibility index (Phi) is 5.57. The summed E-state index contributed by atoms with van der Waals surface area (Å²) >= 11 is 0. The molecule has 0 unspecified atom stereocenters. The van der Waals surface area contributed by atoms with E-state index in [0.29, 0.717) is 16.6 Å². The van der Waals surface area contributed by atoms with Gasteiger partial charge >= 0.3 is 0 Å². The highest BCUT2D eigenvalue weighted by atomic mass is 28.4. The normalized spacial score (nSPS) is 18.8. The van der Waals surface area contributed by atoms with Crippen LogP contribution in [-0.2, 0) is 4.43 Å². The van der Waals surface area contributed by atoms with E-state index in [-0.39, 0.29) is 0 Å². The van der Waals surface area contributed by atoms with Crippen LogP contribution in [0.2, 0.25) is 16.6 Å². The molecule has 2 aliphatic rings. The Morgan fingerprint density at radius 2 is 1.48 bits per heavy atom. The van der Waals surface area contributed by atoms with Gasteiger partial charge in [0.15, 0.2) is 0 Å². The van der Waals surface area contributed by atoms with Crippen molar-refractivity contribution in [2.24, 2.45) is 0 Å². The molecule has 0 saturated carbocycles. The van der Waals surface area contributed by atoms with Crippen molar-refractivity contribution in [2.45, 2.75) is 83.8 Å². The molecule has 126 valence electrons. The average molecular weight is 330 g/mol. The minimum atomic E-state index is -1.91. The van der Waals surface area contributed by atoms with Crippen molar-refractivity contribution >= 4 is 8.32 Å². The van der Waals surface area contributed by atoms with E-state index in [1.165, 1.54) is 16.9 Å². The number of hydrogen-bond donors (Lipinski definition) is 0. The fourth-order valence-electron chi connectivity index (χ4n) is 4.60. The summed E-state index contributed by atoms with van der Waals surface area (Å²) in [5.41, 5.74) is 5.28. The number of allylic oxidation sites excluding steroid dienone is 6. The van der Waals surface area contributed by atoms with Crippen LogP contribution in [0.3, 0.4) is 0 Å². The van der Waals surface area contributed by atoms with Gasteiger partial charge in [-0.1, -0.05) is 53.7 Å². The largest absolute Gasteiger partial charge is 0.545 e. The van der Waals surface area contributed by atoms with E-state index >= 15 is 0 Å². The molecule has 0 saturated heterocycles. The summed E-state index contributed by atoms with van der Waals surface area (Å²) in [5.74, 6) is 1.20. The second kappa shape index (κ2) is 7.09. The van der Waals surface area contributed by atoms with Crippen LogP contribution in [-0.4, -0.2) is 8.32 Å². The third-order valence-electron chi connectivity index (χ3n) is 5.62. The molecule has 0 atom stereocenters. The van der Waals surface area contributed by atoms with E-state index in [2.05, 4.69) is 59.8 Å². The van der Waals surface area contributed by atoms with Crippen LogP contribution in [0.15, 0.2) is 34.6 Å². The van der Waals surface area contributed by atoms with Crippen molar-refractivity contribution in [1.82, 2.24) is 0 Å². The fraction of sp³-hybridized carbons (Fsp3) is 0.650. The lowest BCUT2D eigenvalue weighted by Crippen LogP contribution is -2.47. The molecule has 0 heterocycles. The summed E-state index contributed by atoms with van der Waals surface area (Å²) < 4.78 is 6.94. The number of nitrogens with zero attached hydrogens (tertiary/aromatic N) is 1. The lowest BCUT2D eigenvalue weighted by atomic mass is 10.0. The minimum absolute atomic E-state index is 0.584. The lowest BCUT2D eigenvalue weighted by Gasteiger charge is -2.43. The molecule has 2 aliphatic carbocycles. The first-order valence-electron chi connectivity index (χ1n) is 9.03. The van der Waals surface area contributed by atoms with Crippen LogP contribution in [0.5, 0.6) is 0 Å². The molecule has 0 fully saturated rings. The van der Waals surface area contributed by atoms with Crippen LogP contribution in [0.25, 0.3) is 0 Å². The highest BCUT2D eigenvalue weighted by molar-refractivity contribution is 6.77. The highest BCUT2D eigenvalue weighted by Crippen LogP contribution is 2.47. The fourth-order valence-corrected chi connectivity index (χ4v) is 9.96. The first kappa shape index (κ1) is 18.1. The van der Waals surface area contributed by atoms with E-state index in [4.69, 9.17) is 4.43 Å². The molecule has 0 radical (unpaired) electrons. The van der Waals surface area contributed by atoms with Gasteiger partial charge in [-0.3, -0.25) is 0 Å². The predicted octanol–water partition coefficient (Wildman–Crippen LogP) is 6.40. The lowest BCUT2D eigenvalue weighted by molar-refractivity contribution is 0.357. The zero-order valence-electron chi connectivity index (χ0n) is 15.6. The maximum Gasteiger partial charge on any atom is 0.258 e. The quantitative estimate of drug-likeness (QED) is 0.432. The molecule has 2 rings (SSSR count). The van der Waals surface area contributed by atoms with E-state index in [0.717, 1.165) is 31.3 Å². The predicted molar refractivity (Wildman–Crippen MR) is 99.4 cm³/mol. The molecule has 2 nitrogen and oxygen atoms in total. The van der Waals surface area contributed by atoms with Gasteiger partial charge in [0.05, 0.1) is 11.8 Å². The van der Waals surface area contributed by atoms with Gasteiger partial charge in [-0.2, -0.15) is 5.26 Å². The second-order valence-corrected chi connectivity index (χ2v) is 13.1. The van der Waals surface area contributed by atoms with Crippen LogP contribution >= 0.6 is 0 Å². The van der Waals surface area contributed by atoms with Crippen molar-refractivity contribution in [3.8, 4) is 6.07 Å². The summed E-state index contributed by atoms with van der Waals surface area (Å²) in [4.78, 5) is 0. The Labute approximate surface area is 143 Å². The molecule has 0 spiro atoms. The molecule has 0 bridgehead atoms. The maximum atomic E-state index is 9.45. The van der Waals surface area contributed by atoms with E-state index < -0.39 is 8.32 Å². The number of nitriles is 1. The first-order valence-corrected chi connectivity index (χ1v) is 11.2. The molecule has 3 heteroatoms. The van der Waals surface area contributed by atoms with Crippen LogP contribution in [0.1, 0.15) is 67.2 Å². The molecule has 0 aromatic rings. The monoisotopic (exact) mass is 329 g/mol. The Morgan fingerprint density at radius 1 is 0.913 bits per heavy atom. The molecule has 0 aliphatic heterocycles. The molecular formula is C20H31NOSi. The van der Waals surface area contributed by atoms with Gasteiger partial charge in [0.25, 0.3) is 8.32 Å². The Hall–Kier alpha value is -1.27. The molecule has 0 aromatic heterocycles. The summed E-state index contributed by atoms with van der Waals surface area (Å²) in [6.07, 6.45) is 8.00. The molecule has 0 aromatic carbocycles. The van der Waals surface area contributed by atoms with Crippen LogP contribution in [0, 0.1) is 11.3 Å². The van der Waals surface area contributed by atoms with Gasteiger partial charge in [0.2, 0.25) is 0 Å².